The predicted octanol–water partition coefficient (Wildman–Crippen LogP) is 0.898. The third-order valence-electron chi connectivity index (χ3n) is 2.87. The van der Waals surface area contributed by atoms with Crippen LogP contribution in [0.25, 0.3) is 0 Å². The zero-order valence-corrected chi connectivity index (χ0v) is 12.5. The average Bonchev–Trinajstić information content (AvgIpc) is 2.30. The number of benzene rings is 1. The second-order valence-corrected chi connectivity index (χ2v) is 6.77. The Kier molecular flexibility index (Phi) is 4.89. The molecule has 0 saturated heterocycles. The van der Waals surface area contributed by atoms with Crippen LogP contribution in [0.3, 0.4) is 0 Å². The zero-order chi connectivity index (χ0) is 14.8. The Bertz CT molecular complexity index is 558. The number of rotatable bonds is 5. The van der Waals surface area contributed by atoms with E-state index >= 15 is 0 Å². The van der Waals surface area contributed by atoms with E-state index in [-0.39, 0.29) is 16.1 Å². The van der Waals surface area contributed by atoms with Crippen molar-refractivity contribution < 1.29 is 12.8 Å². The van der Waals surface area contributed by atoms with E-state index in [1.54, 1.807) is 0 Å². The summed E-state index contributed by atoms with van der Waals surface area (Å²) in [7, 11) is 1.45. The van der Waals surface area contributed by atoms with Crippen LogP contribution in [0.1, 0.15) is 5.56 Å². The Morgan fingerprint density at radius 1 is 1.21 bits per heavy atom. The molecule has 0 heterocycles. The fraction of sp³-hybridized carbons (Fsp3) is 0.500. The molecule has 108 valence electrons. The molecule has 0 saturated carbocycles. The van der Waals surface area contributed by atoms with Gasteiger partial charge in [0, 0.05) is 31.4 Å². The first-order chi connectivity index (χ1) is 8.66. The number of sulfonamides is 1. The number of hydrogen-bond donors (Lipinski definition) is 1. The molecule has 0 aliphatic rings. The van der Waals surface area contributed by atoms with Crippen LogP contribution in [-0.4, -0.2) is 51.9 Å². The van der Waals surface area contributed by atoms with Crippen molar-refractivity contribution in [3.8, 4) is 0 Å². The molecule has 5 nitrogen and oxygen atoms in total. The molecular weight excluding hydrogens is 269 g/mol. The highest BCUT2D eigenvalue weighted by Crippen LogP contribution is 2.24. The highest BCUT2D eigenvalue weighted by molar-refractivity contribution is 7.89. The topological polar surface area (TPSA) is 66.6 Å². The van der Waals surface area contributed by atoms with Gasteiger partial charge in [-0.25, -0.2) is 12.8 Å². The average molecular weight is 289 g/mol. The summed E-state index contributed by atoms with van der Waals surface area (Å²) in [4.78, 5) is 1.80. The van der Waals surface area contributed by atoms with E-state index in [0.717, 1.165) is 6.07 Å². The zero-order valence-electron chi connectivity index (χ0n) is 11.6. The van der Waals surface area contributed by atoms with Gasteiger partial charge < -0.3 is 10.6 Å². The Hall–Kier alpha value is -1.18. The van der Waals surface area contributed by atoms with E-state index in [1.165, 1.54) is 24.3 Å². The molecule has 1 aromatic rings. The number of anilines is 1. The minimum absolute atomic E-state index is 0.0775. The van der Waals surface area contributed by atoms with Crippen LogP contribution in [0, 0.1) is 12.7 Å². The van der Waals surface area contributed by atoms with Crippen molar-refractivity contribution in [2.24, 2.45) is 0 Å². The number of nitrogens with zero attached hydrogens (tertiary/aromatic N) is 2. The maximum absolute atomic E-state index is 13.6. The summed E-state index contributed by atoms with van der Waals surface area (Å²) in [5.74, 6) is -0.611. The van der Waals surface area contributed by atoms with Crippen molar-refractivity contribution >= 4 is 15.7 Å². The highest BCUT2D eigenvalue weighted by Gasteiger charge is 2.24. The fourth-order valence-electron chi connectivity index (χ4n) is 1.57. The van der Waals surface area contributed by atoms with Gasteiger partial charge in [-0.2, -0.15) is 4.31 Å². The van der Waals surface area contributed by atoms with Crippen molar-refractivity contribution in [3.05, 3.63) is 23.5 Å². The third kappa shape index (κ3) is 3.65. The van der Waals surface area contributed by atoms with Gasteiger partial charge in [-0.15, -0.1) is 0 Å². The number of nitrogen functional groups attached to an aromatic ring is 1. The van der Waals surface area contributed by atoms with Crippen LogP contribution in [0.4, 0.5) is 10.1 Å². The molecule has 7 heteroatoms. The fourth-order valence-corrected chi connectivity index (χ4v) is 3.00. The summed E-state index contributed by atoms with van der Waals surface area (Å²) in [5.41, 5.74) is 5.70. The lowest BCUT2D eigenvalue weighted by Gasteiger charge is -2.20. The molecule has 0 bridgehead atoms. The summed E-state index contributed by atoms with van der Waals surface area (Å²) < 4.78 is 39.5. The Morgan fingerprint density at radius 3 is 2.32 bits per heavy atom. The molecule has 0 aliphatic carbocycles. The predicted molar refractivity (Wildman–Crippen MR) is 73.9 cm³/mol. The van der Waals surface area contributed by atoms with E-state index in [0.29, 0.717) is 13.1 Å². The van der Waals surface area contributed by atoms with Crippen LogP contribution in [0.2, 0.25) is 0 Å². The highest BCUT2D eigenvalue weighted by atomic mass is 32.2. The molecule has 0 radical (unpaired) electrons. The van der Waals surface area contributed by atoms with Crippen molar-refractivity contribution in [1.29, 1.82) is 0 Å². The van der Waals surface area contributed by atoms with Crippen LogP contribution >= 0.6 is 0 Å². The lowest BCUT2D eigenvalue weighted by Crippen LogP contribution is -2.34. The molecule has 0 aliphatic heterocycles. The van der Waals surface area contributed by atoms with Gasteiger partial charge in [-0.05, 0) is 33.2 Å². The maximum atomic E-state index is 13.6. The minimum Gasteiger partial charge on any atom is -0.399 e. The molecule has 2 N–H and O–H groups in total. The summed E-state index contributed by atoms with van der Waals surface area (Å²) in [6.07, 6.45) is 0. The van der Waals surface area contributed by atoms with E-state index in [2.05, 4.69) is 0 Å². The van der Waals surface area contributed by atoms with Crippen LogP contribution in [0.5, 0.6) is 0 Å². The third-order valence-corrected chi connectivity index (χ3v) is 4.85. The lowest BCUT2D eigenvalue weighted by atomic mass is 10.2. The summed E-state index contributed by atoms with van der Waals surface area (Å²) in [5, 5.41) is 0. The molecule has 0 aromatic heterocycles. The lowest BCUT2D eigenvalue weighted by molar-refractivity contribution is 0.358. The normalized spacial score (nSPS) is 12.4. The second-order valence-electron chi connectivity index (χ2n) is 4.76. The van der Waals surface area contributed by atoms with Gasteiger partial charge in [-0.3, -0.25) is 0 Å². The molecule has 1 aromatic carbocycles. The first-order valence-corrected chi connectivity index (χ1v) is 7.27. The van der Waals surface area contributed by atoms with Crippen molar-refractivity contribution in [3.63, 3.8) is 0 Å². The number of hydrogen-bond acceptors (Lipinski definition) is 4. The monoisotopic (exact) mass is 289 g/mol. The van der Waals surface area contributed by atoms with Gasteiger partial charge in [0.2, 0.25) is 10.0 Å². The molecule has 0 unspecified atom stereocenters. The molecule has 19 heavy (non-hydrogen) atoms. The maximum Gasteiger partial charge on any atom is 0.243 e. The Morgan fingerprint density at radius 2 is 1.79 bits per heavy atom. The summed E-state index contributed by atoms with van der Waals surface area (Å²) >= 11 is 0. The summed E-state index contributed by atoms with van der Waals surface area (Å²) in [6, 6.07) is 2.41. The summed E-state index contributed by atoms with van der Waals surface area (Å²) in [6.45, 7) is 2.34. The van der Waals surface area contributed by atoms with Crippen LogP contribution < -0.4 is 5.73 Å². The number of nitrogens with two attached hydrogens (primary N) is 1. The van der Waals surface area contributed by atoms with Gasteiger partial charge in [0.25, 0.3) is 0 Å². The molecule has 0 atom stereocenters. The smallest absolute Gasteiger partial charge is 0.243 e. The van der Waals surface area contributed by atoms with E-state index in [9.17, 15) is 12.8 Å². The van der Waals surface area contributed by atoms with E-state index < -0.39 is 15.8 Å². The van der Waals surface area contributed by atoms with E-state index in [1.807, 2.05) is 19.0 Å². The SMILES string of the molecule is Cc1c(F)cc(N)cc1S(=O)(=O)N(C)CCN(C)C. The van der Waals surface area contributed by atoms with Gasteiger partial charge in [-0.1, -0.05) is 0 Å². The van der Waals surface area contributed by atoms with Crippen LogP contribution in [-0.2, 0) is 10.0 Å². The quantitative estimate of drug-likeness (QED) is 0.818. The molecule has 1 rings (SSSR count). The molecule has 0 spiro atoms. The minimum atomic E-state index is -3.72. The molecule has 0 fully saturated rings. The number of halogens is 1. The standard InChI is InChI=1S/C12H20FN3O2S/c1-9-11(13)7-10(14)8-12(9)19(17,18)16(4)6-5-15(2)3/h7-8H,5-6,14H2,1-4H3. The van der Waals surface area contributed by atoms with E-state index in [4.69, 9.17) is 5.73 Å². The van der Waals surface area contributed by atoms with Gasteiger partial charge in [0.1, 0.15) is 5.82 Å². The largest absolute Gasteiger partial charge is 0.399 e. The molecule has 0 amide bonds. The molecular formula is C12H20FN3O2S. The Balaban J connectivity index is 3.13. The second kappa shape index (κ2) is 5.85. The van der Waals surface area contributed by atoms with Gasteiger partial charge >= 0.3 is 0 Å². The van der Waals surface area contributed by atoms with Gasteiger partial charge in [0.05, 0.1) is 4.90 Å². The van der Waals surface area contributed by atoms with Crippen molar-refractivity contribution in [1.82, 2.24) is 9.21 Å². The number of likely N-dealkylation sites (N-methyl/N-ethyl adjacent to an activating group) is 2. The first kappa shape index (κ1) is 15.9. The Labute approximate surface area is 113 Å². The van der Waals surface area contributed by atoms with Gasteiger partial charge in [0.15, 0.2) is 0 Å². The first-order valence-electron chi connectivity index (χ1n) is 5.83. The van der Waals surface area contributed by atoms with Crippen molar-refractivity contribution in [2.45, 2.75) is 11.8 Å². The van der Waals surface area contributed by atoms with Crippen LogP contribution in [0.15, 0.2) is 17.0 Å². The van der Waals surface area contributed by atoms with Crippen molar-refractivity contribution in [2.75, 3.05) is 40.0 Å².